The van der Waals surface area contributed by atoms with Crippen LogP contribution in [0.25, 0.3) is 0 Å². The van der Waals surface area contributed by atoms with E-state index in [1.807, 2.05) is 30.3 Å². The molecule has 0 radical (unpaired) electrons. The molecular weight excluding hydrogens is 284 g/mol. The molecule has 3 nitrogen and oxygen atoms in total. The van der Waals surface area contributed by atoms with Crippen molar-refractivity contribution in [2.24, 2.45) is 11.0 Å². The summed E-state index contributed by atoms with van der Waals surface area (Å²) in [6, 6.07) is 17.4. The molecule has 1 amide bonds. The van der Waals surface area contributed by atoms with E-state index in [2.05, 4.69) is 22.7 Å². The lowest BCUT2D eigenvalue weighted by atomic mass is 10.1. The third kappa shape index (κ3) is 3.50. The highest BCUT2D eigenvalue weighted by atomic mass is 35.5. The van der Waals surface area contributed by atoms with Crippen LogP contribution in [0.3, 0.4) is 0 Å². The molecule has 21 heavy (non-hydrogen) atoms. The van der Waals surface area contributed by atoms with Crippen molar-refractivity contribution in [2.75, 3.05) is 0 Å². The largest absolute Gasteiger partial charge is 0.273 e. The van der Waals surface area contributed by atoms with Crippen LogP contribution < -0.4 is 5.43 Å². The average Bonchev–Trinajstić information content (AvgIpc) is 3.29. The van der Waals surface area contributed by atoms with E-state index in [9.17, 15) is 4.79 Å². The molecule has 1 saturated carbocycles. The molecule has 0 saturated heterocycles. The molecule has 0 bridgehead atoms. The first-order valence-electron chi connectivity index (χ1n) is 6.87. The Morgan fingerprint density at radius 2 is 2.00 bits per heavy atom. The fourth-order valence-electron chi connectivity index (χ4n) is 2.39. The molecule has 2 atom stereocenters. The van der Waals surface area contributed by atoms with Gasteiger partial charge in [-0.25, -0.2) is 5.43 Å². The number of hydrogen-bond acceptors (Lipinski definition) is 2. The summed E-state index contributed by atoms with van der Waals surface area (Å²) in [5.74, 6) is 0.332. The highest BCUT2D eigenvalue weighted by molar-refractivity contribution is 6.30. The molecule has 106 valence electrons. The van der Waals surface area contributed by atoms with Gasteiger partial charge in [0.2, 0.25) is 5.91 Å². The van der Waals surface area contributed by atoms with E-state index in [0.29, 0.717) is 10.9 Å². The van der Waals surface area contributed by atoms with Gasteiger partial charge in [-0.2, -0.15) is 5.10 Å². The molecule has 1 aliphatic rings. The Morgan fingerprint density at radius 1 is 1.19 bits per heavy atom. The van der Waals surface area contributed by atoms with Crippen molar-refractivity contribution >= 4 is 23.7 Å². The van der Waals surface area contributed by atoms with E-state index in [-0.39, 0.29) is 11.8 Å². The zero-order valence-electron chi connectivity index (χ0n) is 11.4. The van der Waals surface area contributed by atoms with Crippen LogP contribution in [-0.4, -0.2) is 12.1 Å². The highest BCUT2D eigenvalue weighted by Gasteiger charge is 2.43. The SMILES string of the molecule is O=C(NN=Cc1cccc(Cl)c1)[C@@H]1C[C@H]1c1ccccc1. The molecule has 0 aromatic heterocycles. The topological polar surface area (TPSA) is 41.5 Å². The van der Waals surface area contributed by atoms with Crippen LogP contribution in [0.1, 0.15) is 23.5 Å². The molecule has 1 N–H and O–H groups in total. The molecule has 4 heteroatoms. The highest BCUT2D eigenvalue weighted by Crippen LogP contribution is 2.47. The lowest BCUT2D eigenvalue weighted by molar-refractivity contribution is -0.122. The standard InChI is InChI=1S/C17H15ClN2O/c18-14-8-4-5-12(9-14)11-19-20-17(21)16-10-15(16)13-6-2-1-3-7-13/h1-9,11,15-16H,10H2,(H,20,21)/t15-,16+/m0/s1. The monoisotopic (exact) mass is 298 g/mol. The number of amides is 1. The molecular formula is C17H15ClN2O. The van der Waals surface area contributed by atoms with E-state index in [1.165, 1.54) is 5.56 Å². The third-order valence-corrected chi connectivity index (χ3v) is 3.83. The number of halogens is 1. The molecule has 1 fully saturated rings. The Morgan fingerprint density at radius 3 is 2.76 bits per heavy atom. The second-order valence-corrected chi connectivity index (χ2v) is 5.59. The van der Waals surface area contributed by atoms with Crippen LogP contribution in [-0.2, 0) is 4.79 Å². The summed E-state index contributed by atoms with van der Waals surface area (Å²) in [6.45, 7) is 0. The predicted molar refractivity (Wildman–Crippen MR) is 84.5 cm³/mol. The van der Waals surface area contributed by atoms with Gasteiger partial charge >= 0.3 is 0 Å². The smallest absolute Gasteiger partial charge is 0.243 e. The Hall–Kier alpha value is -2.13. The number of benzene rings is 2. The fourth-order valence-corrected chi connectivity index (χ4v) is 2.59. The summed E-state index contributed by atoms with van der Waals surface area (Å²) in [7, 11) is 0. The minimum absolute atomic E-state index is 0.0258. The van der Waals surface area contributed by atoms with Gasteiger partial charge in [0.15, 0.2) is 0 Å². The number of nitrogens with one attached hydrogen (secondary N) is 1. The van der Waals surface area contributed by atoms with Gasteiger partial charge in [-0.1, -0.05) is 54.1 Å². The normalized spacial score (nSPS) is 20.4. The maximum Gasteiger partial charge on any atom is 0.243 e. The summed E-state index contributed by atoms with van der Waals surface area (Å²) in [6.07, 6.45) is 2.49. The van der Waals surface area contributed by atoms with Gasteiger partial charge in [0, 0.05) is 10.9 Å². The quantitative estimate of drug-likeness (QED) is 0.680. The number of carbonyl (C=O) groups is 1. The van der Waals surface area contributed by atoms with Crippen LogP contribution in [0.5, 0.6) is 0 Å². The lowest BCUT2D eigenvalue weighted by Gasteiger charge is -2.00. The van der Waals surface area contributed by atoms with Crippen molar-refractivity contribution in [3.63, 3.8) is 0 Å². The van der Waals surface area contributed by atoms with E-state index in [0.717, 1.165) is 12.0 Å². The van der Waals surface area contributed by atoms with Crippen molar-refractivity contribution < 1.29 is 4.79 Å². The first-order valence-corrected chi connectivity index (χ1v) is 7.25. The Labute approximate surface area is 128 Å². The molecule has 3 rings (SSSR count). The number of rotatable bonds is 4. The van der Waals surface area contributed by atoms with Crippen molar-refractivity contribution in [1.29, 1.82) is 0 Å². The molecule has 0 heterocycles. The molecule has 0 unspecified atom stereocenters. The summed E-state index contributed by atoms with van der Waals surface area (Å²) < 4.78 is 0. The summed E-state index contributed by atoms with van der Waals surface area (Å²) in [5, 5.41) is 4.64. The van der Waals surface area contributed by atoms with Gasteiger partial charge in [-0.05, 0) is 35.6 Å². The van der Waals surface area contributed by atoms with Crippen LogP contribution in [0.2, 0.25) is 5.02 Å². The van der Waals surface area contributed by atoms with Gasteiger partial charge in [-0.3, -0.25) is 4.79 Å². The maximum absolute atomic E-state index is 12.0. The zero-order valence-corrected chi connectivity index (χ0v) is 12.1. The third-order valence-electron chi connectivity index (χ3n) is 3.59. The average molecular weight is 299 g/mol. The van der Waals surface area contributed by atoms with E-state index in [4.69, 9.17) is 11.6 Å². The van der Waals surface area contributed by atoms with Gasteiger partial charge < -0.3 is 0 Å². The zero-order chi connectivity index (χ0) is 14.7. The van der Waals surface area contributed by atoms with Crippen LogP contribution in [0.4, 0.5) is 0 Å². The molecule has 0 spiro atoms. The molecule has 2 aromatic carbocycles. The second kappa shape index (κ2) is 6.10. The first kappa shape index (κ1) is 13.8. The number of hydrogen-bond donors (Lipinski definition) is 1. The van der Waals surface area contributed by atoms with E-state index >= 15 is 0 Å². The van der Waals surface area contributed by atoms with Crippen molar-refractivity contribution in [1.82, 2.24) is 5.43 Å². The fraction of sp³-hybridized carbons (Fsp3) is 0.176. The first-order chi connectivity index (χ1) is 10.2. The molecule has 2 aromatic rings. The van der Waals surface area contributed by atoms with Crippen LogP contribution >= 0.6 is 11.6 Å². The van der Waals surface area contributed by atoms with Gasteiger partial charge in [0.05, 0.1) is 6.21 Å². The minimum Gasteiger partial charge on any atom is -0.273 e. The Bertz CT molecular complexity index is 670. The van der Waals surface area contributed by atoms with Crippen LogP contribution in [0, 0.1) is 5.92 Å². The van der Waals surface area contributed by atoms with E-state index in [1.54, 1.807) is 18.3 Å². The van der Waals surface area contributed by atoms with Gasteiger partial charge in [0.1, 0.15) is 0 Å². The summed E-state index contributed by atoms with van der Waals surface area (Å²) in [5.41, 5.74) is 4.68. The Balaban J connectivity index is 1.54. The second-order valence-electron chi connectivity index (χ2n) is 5.15. The Kier molecular flexibility index (Phi) is 4.02. The minimum atomic E-state index is -0.0258. The summed E-state index contributed by atoms with van der Waals surface area (Å²) >= 11 is 5.88. The summed E-state index contributed by atoms with van der Waals surface area (Å²) in [4.78, 5) is 12.0. The molecule has 0 aliphatic heterocycles. The van der Waals surface area contributed by atoms with Gasteiger partial charge in [0.25, 0.3) is 0 Å². The lowest BCUT2D eigenvalue weighted by Crippen LogP contribution is -2.20. The molecule has 1 aliphatic carbocycles. The van der Waals surface area contributed by atoms with Gasteiger partial charge in [-0.15, -0.1) is 0 Å². The van der Waals surface area contributed by atoms with Crippen molar-refractivity contribution in [2.45, 2.75) is 12.3 Å². The number of carbonyl (C=O) groups excluding carboxylic acids is 1. The van der Waals surface area contributed by atoms with Crippen molar-refractivity contribution in [3.05, 3.63) is 70.7 Å². The van der Waals surface area contributed by atoms with Crippen LogP contribution in [0.15, 0.2) is 59.7 Å². The predicted octanol–water partition coefficient (Wildman–Crippen LogP) is 3.59. The number of hydrazone groups is 1. The van der Waals surface area contributed by atoms with Crippen molar-refractivity contribution in [3.8, 4) is 0 Å². The van der Waals surface area contributed by atoms with E-state index < -0.39 is 0 Å². The maximum atomic E-state index is 12.0. The number of nitrogens with zero attached hydrogens (tertiary/aromatic N) is 1.